The van der Waals surface area contributed by atoms with Gasteiger partial charge in [0.2, 0.25) is 0 Å². The molecule has 1 aliphatic carbocycles. The average Bonchev–Trinajstić information content (AvgIpc) is 2.43. The molecule has 0 radical (unpaired) electrons. The summed E-state index contributed by atoms with van der Waals surface area (Å²) in [5.41, 5.74) is 0.785. The molecule has 2 aliphatic rings. The number of halogens is 1. The number of hydrogen-bond acceptors (Lipinski definition) is 1. The summed E-state index contributed by atoms with van der Waals surface area (Å²) in [5, 5.41) is 0.974. The van der Waals surface area contributed by atoms with Crippen molar-refractivity contribution in [1.29, 1.82) is 0 Å². The SMILES string of the molecule is CC1(C)CCCC2(CCC(C)(CBr)O2)C1. The molecule has 1 saturated heterocycles. The molecule has 1 heterocycles. The smallest absolute Gasteiger partial charge is 0.0759 e. The summed E-state index contributed by atoms with van der Waals surface area (Å²) in [7, 11) is 0. The highest BCUT2D eigenvalue weighted by Gasteiger charge is 2.49. The molecule has 88 valence electrons. The Morgan fingerprint density at radius 1 is 1.07 bits per heavy atom. The molecular formula is C13H23BrO. The Kier molecular flexibility index (Phi) is 2.96. The van der Waals surface area contributed by atoms with Gasteiger partial charge in [0.05, 0.1) is 11.2 Å². The van der Waals surface area contributed by atoms with E-state index in [1.54, 1.807) is 0 Å². The Labute approximate surface area is 102 Å². The predicted molar refractivity (Wildman–Crippen MR) is 67.5 cm³/mol. The van der Waals surface area contributed by atoms with Gasteiger partial charge in [-0.1, -0.05) is 36.2 Å². The van der Waals surface area contributed by atoms with Crippen molar-refractivity contribution < 1.29 is 4.74 Å². The highest BCUT2D eigenvalue weighted by molar-refractivity contribution is 9.09. The Hall–Kier alpha value is 0.440. The van der Waals surface area contributed by atoms with E-state index in [1.165, 1.54) is 38.5 Å². The Balaban J connectivity index is 2.09. The molecule has 1 saturated carbocycles. The first-order valence-electron chi connectivity index (χ1n) is 6.15. The second-order valence-corrected chi connectivity index (χ2v) is 7.12. The fourth-order valence-corrected chi connectivity index (χ4v) is 3.84. The van der Waals surface area contributed by atoms with Gasteiger partial charge in [-0.05, 0) is 44.4 Å². The van der Waals surface area contributed by atoms with E-state index < -0.39 is 0 Å². The normalized spacial score (nSPS) is 44.8. The minimum Gasteiger partial charge on any atom is -0.368 e. The van der Waals surface area contributed by atoms with Crippen molar-refractivity contribution in [3.8, 4) is 0 Å². The van der Waals surface area contributed by atoms with Gasteiger partial charge in [0, 0.05) is 5.33 Å². The van der Waals surface area contributed by atoms with Crippen LogP contribution in [0.25, 0.3) is 0 Å². The van der Waals surface area contributed by atoms with Crippen LogP contribution in [0.2, 0.25) is 0 Å². The lowest BCUT2D eigenvalue weighted by Gasteiger charge is -2.43. The van der Waals surface area contributed by atoms with Crippen molar-refractivity contribution in [2.75, 3.05) is 5.33 Å². The van der Waals surface area contributed by atoms with Crippen LogP contribution < -0.4 is 0 Å². The molecule has 0 aromatic rings. The minimum absolute atomic E-state index is 0.0907. The van der Waals surface area contributed by atoms with Gasteiger partial charge in [-0.15, -0.1) is 0 Å². The van der Waals surface area contributed by atoms with Gasteiger partial charge in [-0.25, -0.2) is 0 Å². The van der Waals surface area contributed by atoms with Crippen LogP contribution in [0.1, 0.15) is 59.3 Å². The van der Waals surface area contributed by atoms with Crippen molar-refractivity contribution >= 4 is 15.9 Å². The third-order valence-electron chi connectivity index (χ3n) is 4.14. The van der Waals surface area contributed by atoms with Crippen LogP contribution in [0.4, 0.5) is 0 Å². The third-order valence-corrected chi connectivity index (χ3v) is 5.33. The number of rotatable bonds is 1. The summed E-state index contributed by atoms with van der Waals surface area (Å²) >= 11 is 3.59. The van der Waals surface area contributed by atoms with E-state index in [0.717, 1.165) is 5.33 Å². The number of hydrogen-bond donors (Lipinski definition) is 0. The maximum Gasteiger partial charge on any atom is 0.0759 e. The zero-order valence-corrected chi connectivity index (χ0v) is 11.8. The molecule has 15 heavy (non-hydrogen) atoms. The first-order chi connectivity index (χ1) is 6.89. The van der Waals surface area contributed by atoms with E-state index in [4.69, 9.17) is 4.74 Å². The monoisotopic (exact) mass is 274 g/mol. The van der Waals surface area contributed by atoms with Crippen LogP contribution in [0, 0.1) is 5.41 Å². The molecular weight excluding hydrogens is 252 g/mol. The van der Waals surface area contributed by atoms with Gasteiger partial charge < -0.3 is 4.74 Å². The second kappa shape index (κ2) is 3.73. The van der Waals surface area contributed by atoms with E-state index >= 15 is 0 Å². The standard InChI is InChI=1S/C13H23BrO/c1-11(2)5-4-6-13(9-11)8-7-12(3,10-14)15-13/h4-10H2,1-3H3. The van der Waals surface area contributed by atoms with Gasteiger partial charge in [0.15, 0.2) is 0 Å². The predicted octanol–water partition coefficient (Wildman–Crippen LogP) is 4.29. The molecule has 2 atom stereocenters. The molecule has 1 aliphatic heterocycles. The van der Waals surface area contributed by atoms with Gasteiger partial charge in [0.25, 0.3) is 0 Å². The van der Waals surface area contributed by atoms with Crippen LogP contribution in [0.5, 0.6) is 0 Å². The van der Waals surface area contributed by atoms with E-state index in [9.17, 15) is 0 Å². The lowest BCUT2D eigenvalue weighted by atomic mass is 9.69. The Morgan fingerprint density at radius 2 is 1.80 bits per heavy atom. The van der Waals surface area contributed by atoms with E-state index in [0.29, 0.717) is 5.41 Å². The molecule has 0 amide bonds. The topological polar surface area (TPSA) is 9.23 Å². The highest BCUT2D eigenvalue weighted by Crippen LogP contribution is 2.51. The molecule has 2 heteroatoms. The lowest BCUT2D eigenvalue weighted by molar-refractivity contribution is -0.120. The third kappa shape index (κ3) is 2.41. The first kappa shape index (κ1) is 11.9. The molecule has 0 bridgehead atoms. The fourth-order valence-electron chi connectivity index (χ4n) is 3.45. The zero-order chi connectivity index (χ0) is 11.2. The van der Waals surface area contributed by atoms with Gasteiger partial charge in [-0.2, -0.15) is 0 Å². The summed E-state index contributed by atoms with van der Waals surface area (Å²) in [4.78, 5) is 0. The summed E-state index contributed by atoms with van der Waals surface area (Å²) in [5.74, 6) is 0. The van der Waals surface area contributed by atoms with E-state index in [-0.39, 0.29) is 11.2 Å². The van der Waals surface area contributed by atoms with Crippen molar-refractivity contribution in [3.63, 3.8) is 0 Å². The van der Waals surface area contributed by atoms with Crippen LogP contribution in [0.15, 0.2) is 0 Å². The van der Waals surface area contributed by atoms with Crippen molar-refractivity contribution in [2.45, 2.75) is 70.5 Å². The molecule has 0 N–H and O–H groups in total. The van der Waals surface area contributed by atoms with Crippen LogP contribution >= 0.6 is 15.9 Å². The lowest BCUT2D eigenvalue weighted by Crippen LogP contribution is -2.41. The van der Waals surface area contributed by atoms with Gasteiger partial charge >= 0.3 is 0 Å². The Morgan fingerprint density at radius 3 is 2.33 bits per heavy atom. The van der Waals surface area contributed by atoms with Gasteiger partial charge in [-0.3, -0.25) is 0 Å². The maximum absolute atomic E-state index is 6.42. The minimum atomic E-state index is 0.0907. The zero-order valence-electron chi connectivity index (χ0n) is 10.2. The van der Waals surface area contributed by atoms with E-state index in [1.807, 2.05) is 0 Å². The molecule has 0 aromatic heterocycles. The quantitative estimate of drug-likeness (QED) is 0.649. The second-order valence-electron chi connectivity index (χ2n) is 6.56. The highest BCUT2D eigenvalue weighted by atomic mass is 79.9. The largest absolute Gasteiger partial charge is 0.368 e. The summed E-state index contributed by atoms with van der Waals surface area (Å²) < 4.78 is 6.42. The summed E-state index contributed by atoms with van der Waals surface area (Å²) in [6, 6.07) is 0. The molecule has 2 fully saturated rings. The molecule has 1 spiro atoms. The van der Waals surface area contributed by atoms with E-state index in [2.05, 4.69) is 36.7 Å². The fraction of sp³-hybridized carbons (Fsp3) is 1.00. The molecule has 1 nitrogen and oxygen atoms in total. The molecule has 2 unspecified atom stereocenters. The van der Waals surface area contributed by atoms with Crippen LogP contribution in [0.3, 0.4) is 0 Å². The van der Waals surface area contributed by atoms with Crippen molar-refractivity contribution in [3.05, 3.63) is 0 Å². The molecule has 2 rings (SSSR count). The van der Waals surface area contributed by atoms with Crippen LogP contribution in [-0.2, 0) is 4.74 Å². The van der Waals surface area contributed by atoms with Crippen LogP contribution in [-0.4, -0.2) is 16.5 Å². The average molecular weight is 275 g/mol. The number of ether oxygens (including phenoxy) is 1. The maximum atomic E-state index is 6.42. The Bertz CT molecular complexity index is 251. The first-order valence-corrected chi connectivity index (χ1v) is 7.27. The number of alkyl halides is 1. The summed E-state index contributed by atoms with van der Waals surface area (Å²) in [6.45, 7) is 7.03. The van der Waals surface area contributed by atoms with Crippen molar-refractivity contribution in [2.24, 2.45) is 5.41 Å². The molecule has 0 aromatic carbocycles. The van der Waals surface area contributed by atoms with Gasteiger partial charge in [0.1, 0.15) is 0 Å². The summed E-state index contributed by atoms with van der Waals surface area (Å²) in [6.07, 6.45) is 7.71. The van der Waals surface area contributed by atoms with Crippen molar-refractivity contribution in [1.82, 2.24) is 0 Å².